The molecular weight excluding hydrogens is 214 g/mol. The molecule has 0 aliphatic carbocycles. The lowest BCUT2D eigenvalue weighted by Crippen LogP contribution is -2.10. The van der Waals surface area contributed by atoms with Crippen molar-refractivity contribution in [3.8, 4) is 11.5 Å². The molecule has 1 aromatic heterocycles. The van der Waals surface area contributed by atoms with E-state index in [2.05, 4.69) is 43.1 Å². The van der Waals surface area contributed by atoms with E-state index in [1.54, 1.807) is 0 Å². The van der Waals surface area contributed by atoms with Crippen molar-refractivity contribution in [1.29, 1.82) is 0 Å². The van der Waals surface area contributed by atoms with E-state index in [-0.39, 0.29) is 12.0 Å². The molecule has 0 atom stereocenters. The number of hydrogen-bond donors (Lipinski definition) is 1. The van der Waals surface area contributed by atoms with Crippen LogP contribution in [-0.4, -0.2) is 10.2 Å². The second-order valence-corrected chi connectivity index (χ2v) is 5.03. The van der Waals surface area contributed by atoms with E-state index in [9.17, 15) is 0 Å². The molecule has 0 saturated carbocycles. The van der Waals surface area contributed by atoms with Gasteiger partial charge in [-0.15, -0.1) is 10.2 Å². The topological polar surface area (TPSA) is 64.9 Å². The summed E-state index contributed by atoms with van der Waals surface area (Å²) in [6.07, 6.45) is 0. The molecule has 2 N–H and O–H groups in total. The highest BCUT2D eigenvalue weighted by molar-refractivity contribution is 5.53. The first-order chi connectivity index (χ1) is 8.00. The maximum absolute atomic E-state index is 5.43. The van der Waals surface area contributed by atoms with Crippen LogP contribution < -0.4 is 5.73 Å². The minimum absolute atomic E-state index is 0.149. The normalized spacial score (nSPS) is 11.8. The summed E-state index contributed by atoms with van der Waals surface area (Å²) in [5.74, 6) is 0.978. The van der Waals surface area contributed by atoms with Gasteiger partial charge in [-0.25, -0.2) is 0 Å². The molecule has 4 heteroatoms. The van der Waals surface area contributed by atoms with E-state index in [4.69, 9.17) is 10.2 Å². The minimum atomic E-state index is 0.149. The molecule has 1 heterocycles. The van der Waals surface area contributed by atoms with Gasteiger partial charge in [0.15, 0.2) is 0 Å². The molecule has 0 amide bonds. The zero-order valence-electron chi connectivity index (χ0n) is 10.4. The molecule has 0 bridgehead atoms. The van der Waals surface area contributed by atoms with Crippen molar-refractivity contribution in [1.82, 2.24) is 10.2 Å². The standard InChI is InChI=1S/C13H17N3O/c1-13(2,3)10-6-4-9(5-7-10)12-16-15-11(8-14)17-12/h4-7H,8,14H2,1-3H3. The van der Waals surface area contributed by atoms with Crippen LogP contribution in [0.4, 0.5) is 0 Å². The third-order valence-electron chi connectivity index (χ3n) is 2.64. The Hall–Kier alpha value is -1.68. The molecular formula is C13H17N3O. The number of hydrogen-bond acceptors (Lipinski definition) is 4. The molecule has 2 aromatic rings. The fraction of sp³-hybridized carbons (Fsp3) is 0.385. The third-order valence-corrected chi connectivity index (χ3v) is 2.64. The van der Waals surface area contributed by atoms with Crippen LogP contribution in [0.2, 0.25) is 0 Å². The average Bonchev–Trinajstić information content (AvgIpc) is 2.76. The van der Waals surface area contributed by atoms with Gasteiger partial charge in [0.05, 0.1) is 6.54 Å². The second-order valence-electron chi connectivity index (χ2n) is 5.03. The van der Waals surface area contributed by atoms with Crippen molar-refractivity contribution in [2.24, 2.45) is 5.73 Å². The Morgan fingerprint density at radius 2 is 1.76 bits per heavy atom. The lowest BCUT2D eigenvalue weighted by molar-refractivity contribution is 0.508. The Labute approximate surface area is 101 Å². The van der Waals surface area contributed by atoms with Gasteiger partial charge < -0.3 is 10.2 Å². The minimum Gasteiger partial charge on any atom is -0.419 e. The highest BCUT2D eigenvalue weighted by Crippen LogP contribution is 2.25. The summed E-state index contributed by atoms with van der Waals surface area (Å²) >= 11 is 0. The summed E-state index contributed by atoms with van der Waals surface area (Å²) in [5, 5.41) is 7.79. The van der Waals surface area contributed by atoms with Crippen molar-refractivity contribution < 1.29 is 4.42 Å². The molecule has 0 unspecified atom stereocenters. The van der Waals surface area contributed by atoms with E-state index < -0.39 is 0 Å². The molecule has 4 nitrogen and oxygen atoms in total. The molecule has 0 radical (unpaired) electrons. The zero-order valence-corrected chi connectivity index (χ0v) is 10.4. The van der Waals surface area contributed by atoms with Crippen molar-refractivity contribution >= 4 is 0 Å². The summed E-state index contributed by atoms with van der Waals surface area (Å²) in [7, 11) is 0. The predicted octanol–water partition coefficient (Wildman–Crippen LogP) is 2.49. The van der Waals surface area contributed by atoms with Crippen LogP contribution in [0, 0.1) is 0 Å². The van der Waals surface area contributed by atoms with Gasteiger partial charge in [-0.1, -0.05) is 32.9 Å². The van der Waals surface area contributed by atoms with E-state index in [1.807, 2.05) is 12.1 Å². The largest absolute Gasteiger partial charge is 0.419 e. The first kappa shape index (κ1) is 11.8. The van der Waals surface area contributed by atoms with Crippen LogP contribution in [-0.2, 0) is 12.0 Å². The monoisotopic (exact) mass is 231 g/mol. The zero-order chi connectivity index (χ0) is 12.5. The van der Waals surface area contributed by atoms with E-state index in [0.717, 1.165) is 5.56 Å². The third kappa shape index (κ3) is 2.53. The summed E-state index contributed by atoms with van der Waals surface area (Å²) in [6, 6.07) is 8.16. The molecule has 0 aliphatic heterocycles. The molecule has 2 rings (SSSR count). The van der Waals surface area contributed by atoms with E-state index in [0.29, 0.717) is 11.8 Å². The first-order valence-electron chi connectivity index (χ1n) is 5.64. The Balaban J connectivity index is 2.29. The molecule has 0 saturated heterocycles. The van der Waals surface area contributed by atoms with E-state index >= 15 is 0 Å². The smallest absolute Gasteiger partial charge is 0.247 e. The van der Waals surface area contributed by atoms with Gasteiger partial charge in [-0.2, -0.15) is 0 Å². The van der Waals surface area contributed by atoms with Gasteiger partial charge in [0.1, 0.15) is 0 Å². The molecule has 0 fully saturated rings. The van der Waals surface area contributed by atoms with Crippen LogP contribution in [0.3, 0.4) is 0 Å². The number of rotatable bonds is 2. The van der Waals surface area contributed by atoms with Crippen LogP contribution in [0.1, 0.15) is 32.2 Å². The maximum atomic E-state index is 5.43. The fourth-order valence-electron chi connectivity index (χ4n) is 1.57. The van der Waals surface area contributed by atoms with Gasteiger partial charge in [0.2, 0.25) is 11.8 Å². The Bertz CT molecular complexity index is 494. The van der Waals surface area contributed by atoms with Gasteiger partial charge >= 0.3 is 0 Å². The van der Waals surface area contributed by atoms with E-state index in [1.165, 1.54) is 5.56 Å². The summed E-state index contributed by atoms with van der Waals surface area (Å²) < 4.78 is 5.40. The molecule has 0 aliphatic rings. The van der Waals surface area contributed by atoms with Gasteiger partial charge in [0, 0.05) is 5.56 Å². The van der Waals surface area contributed by atoms with Crippen LogP contribution in [0.25, 0.3) is 11.5 Å². The van der Waals surface area contributed by atoms with Crippen LogP contribution >= 0.6 is 0 Å². The molecule has 1 aromatic carbocycles. The SMILES string of the molecule is CC(C)(C)c1ccc(-c2nnc(CN)o2)cc1. The molecule has 0 spiro atoms. The van der Waals surface area contributed by atoms with Crippen molar-refractivity contribution in [2.45, 2.75) is 32.7 Å². The Kier molecular flexibility index (Phi) is 2.98. The number of aromatic nitrogens is 2. The average molecular weight is 231 g/mol. The fourth-order valence-corrected chi connectivity index (χ4v) is 1.57. The molecule has 17 heavy (non-hydrogen) atoms. The number of benzene rings is 1. The Morgan fingerprint density at radius 1 is 1.12 bits per heavy atom. The highest BCUT2D eigenvalue weighted by Gasteiger charge is 2.14. The van der Waals surface area contributed by atoms with Gasteiger partial charge in [0.25, 0.3) is 0 Å². The number of nitrogens with zero attached hydrogens (tertiary/aromatic N) is 2. The lowest BCUT2D eigenvalue weighted by Gasteiger charge is -2.18. The molecule has 90 valence electrons. The summed E-state index contributed by atoms with van der Waals surface area (Å²) in [5.41, 5.74) is 7.77. The van der Waals surface area contributed by atoms with Crippen molar-refractivity contribution in [3.63, 3.8) is 0 Å². The van der Waals surface area contributed by atoms with Gasteiger partial charge in [-0.3, -0.25) is 0 Å². The summed E-state index contributed by atoms with van der Waals surface area (Å²) in [4.78, 5) is 0. The quantitative estimate of drug-likeness (QED) is 0.862. The predicted molar refractivity (Wildman–Crippen MR) is 66.3 cm³/mol. The second kappa shape index (κ2) is 4.30. The van der Waals surface area contributed by atoms with Crippen LogP contribution in [0.5, 0.6) is 0 Å². The Morgan fingerprint density at radius 3 is 2.24 bits per heavy atom. The number of nitrogens with two attached hydrogens (primary N) is 1. The van der Waals surface area contributed by atoms with Gasteiger partial charge in [-0.05, 0) is 23.1 Å². The maximum Gasteiger partial charge on any atom is 0.247 e. The van der Waals surface area contributed by atoms with Crippen molar-refractivity contribution in [3.05, 3.63) is 35.7 Å². The van der Waals surface area contributed by atoms with Crippen LogP contribution in [0.15, 0.2) is 28.7 Å². The first-order valence-corrected chi connectivity index (χ1v) is 5.64. The van der Waals surface area contributed by atoms with Crippen molar-refractivity contribution in [2.75, 3.05) is 0 Å². The highest BCUT2D eigenvalue weighted by atomic mass is 16.4. The summed E-state index contributed by atoms with van der Waals surface area (Å²) in [6.45, 7) is 6.82. The lowest BCUT2D eigenvalue weighted by atomic mass is 9.87.